The van der Waals surface area contributed by atoms with Crippen LogP contribution < -0.4 is 21.3 Å². The first-order valence-corrected chi connectivity index (χ1v) is 29.2. The Morgan fingerprint density at radius 1 is 0.802 bits per heavy atom. The lowest BCUT2D eigenvalue weighted by molar-refractivity contribution is -0.156. The zero-order valence-corrected chi connectivity index (χ0v) is 53.5. The molecule has 13 atom stereocenters. The number of likely N-dealkylation sites (N-methyl/N-ethyl adjacent to an activating group) is 7. The number of aliphatic hydroxyl groups excluding tert-OH is 1. The van der Waals surface area contributed by atoms with Crippen LogP contribution in [0.2, 0.25) is 0 Å². The molecule has 5 N–H and O–H groups in total. The van der Waals surface area contributed by atoms with Gasteiger partial charge < -0.3 is 49.7 Å². The van der Waals surface area contributed by atoms with E-state index in [0.717, 1.165) is 24.0 Å². The Balaban J connectivity index is 3.71. The molecule has 1 aliphatic rings. The van der Waals surface area contributed by atoms with Crippen molar-refractivity contribution in [2.45, 2.75) is 221 Å². The SMILES string of the molecule is CC=CCC(C)C1OC(C)C(N(C)C(=O)C(CC(C)C)NC(C=O)(CC(C)C)N(C)COC(C)(C=O)NC)C(=O)N(C)C1C(=O)NC(C(=O)N(C)CC(=O)N(C)C(CC(C)C)C(=O)NC(CC(C)C)C(=O)N(C)C(C)CCC)C(C)O. The minimum Gasteiger partial charge on any atom is -0.391 e. The molecule has 22 nitrogen and oxygen atoms in total. The number of ether oxygens (including phenoxy) is 2. The number of carbonyl (C=O) groups is 9. The predicted molar refractivity (Wildman–Crippen MR) is 314 cm³/mol. The van der Waals surface area contributed by atoms with Crippen LogP contribution in [-0.4, -0.2) is 223 Å². The summed E-state index contributed by atoms with van der Waals surface area (Å²) in [7, 11) is 10.6. The normalized spacial score (nSPS) is 21.1. The van der Waals surface area contributed by atoms with Crippen LogP contribution in [0.5, 0.6) is 0 Å². The van der Waals surface area contributed by atoms with E-state index in [1.165, 1.54) is 49.8 Å². The third kappa shape index (κ3) is 21.4. The average Bonchev–Trinajstić information content (AvgIpc) is 3.52. The molecule has 1 rings (SSSR count). The van der Waals surface area contributed by atoms with E-state index in [1.807, 2.05) is 95.2 Å². The summed E-state index contributed by atoms with van der Waals surface area (Å²) in [5, 5.41) is 23.0. The number of nitrogens with zero attached hydrogens (tertiary/aromatic N) is 6. The Hall–Kier alpha value is -4.87. The molecule has 0 aromatic heterocycles. The van der Waals surface area contributed by atoms with Crippen LogP contribution in [0.1, 0.15) is 149 Å². The van der Waals surface area contributed by atoms with Crippen molar-refractivity contribution in [3.63, 3.8) is 0 Å². The molecule has 0 bridgehead atoms. The largest absolute Gasteiger partial charge is 0.391 e. The first-order chi connectivity index (χ1) is 37.5. The summed E-state index contributed by atoms with van der Waals surface area (Å²) in [5.74, 6) is -4.76. The molecule has 1 saturated heterocycles. The summed E-state index contributed by atoms with van der Waals surface area (Å²) >= 11 is 0. The van der Waals surface area contributed by atoms with Gasteiger partial charge in [-0.2, -0.15) is 0 Å². The highest BCUT2D eigenvalue weighted by Crippen LogP contribution is 2.30. The van der Waals surface area contributed by atoms with Crippen LogP contribution in [0.25, 0.3) is 0 Å². The molecule has 1 fully saturated rings. The Kier molecular flexibility index (Phi) is 31.2. The molecular weight excluding hydrogens is 1040 g/mol. The Labute approximate surface area is 485 Å². The molecule has 1 heterocycles. The maximum Gasteiger partial charge on any atom is 0.248 e. The van der Waals surface area contributed by atoms with Gasteiger partial charge in [0.15, 0.2) is 18.3 Å². The van der Waals surface area contributed by atoms with Gasteiger partial charge in [0.05, 0.1) is 30.9 Å². The number of rotatable bonds is 35. The number of nitrogens with one attached hydrogen (secondary N) is 4. The van der Waals surface area contributed by atoms with E-state index in [0.29, 0.717) is 19.1 Å². The van der Waals surface area contributed by atoms with E-state index in [9.17, 15) is 38.7 Å². The predicted octanol–water partition coefficient (Wildman–Crippen LogP) is 3.39. The molecule has 7 amide bonds. The molecule has 0 saturated carbocycles. The van der Waals surface area contributed by atoms with Gasteiger partial charge in [-0.25, -0.2) is 0 Å². The smallest absolute Gasteiger partial charge is 0.248 e. The molecule has 81 heavy (non-hydrogen) atoms. The second kappa shape index (κ2) is 34.0. The van der Waals surface area contributed by atoms with Crippen molar-refractivity contribution in [1.29, 1.82) is 0 Å². The highest BCUT2D eigenvalue weighted by atomic mass is 16.5. The second-order valence-corrected chi connectivity index (χ2v) is 24.6. The van der Waals surface area contributed by atoms with Crippen LogP contribution in [0.3, 0.4) is 0 Å². The second-order valence-electron chi connectivity index (χ2n) is 24.6. The van der Waals surface area contributed by atoms with Crippen LogP contribution in [0.4, 0.5) is 0 Å². The van der Waals surface area contributed by atoms with E-state index < -0.39 is 114 Å². The quantitative estimate of drug-likeness (QED) is 0.0346. The molecule has 0 aromatic carbocycles. The fourth-order valence-corrected chi connectivity index (χ4v) is 10.3. The maximum absolute atomic E-state index is 15.0. The highest BCUT2D eigenvalue weighted by Gasteiger charge is 2.50. The monoisotopic (exact) mass is 1150 g/mol. The fourth-order valence-electron chi connectivity index (χ4n) is 10.3. The Morgan fingerprint density at radius 3 is 1.85 bits per heavy atom. The number of aldehydes is 2. The summed E-state index contributed by atoms with van der Waals surface area (Å²) in [6.07, 6.45) is 4.73. The molecule has 0 spiro atoms. The van der Waals surface area contributed by atoms with Gasteiger partial charge in [0.1, 0.15) is 42.6 Å². The number of hydrogen-bond donors (Lipinski definition) is 5. The number of hydrogen-bond acceptors (Lipinski definition) is 15. The van der Waals surface area contributed by atoms with Crippen LogP contribution in [0, 0.1) is 29.6 Å². The van der Waals surface area contributed by atoms with Crippen molar-refractivity contribution in [1.82, 2.24) is 50.7 Å². The first kappa shape index (κ1) is 74.1. The lowest BCUT2D eigenvalue weighted by Crippen LogP contribution is -2.67. The lowest BCUT2D eigenvalue weighted by Gasteiger charge is -2.43. The van der Waals surface area contributed by atoms with Gasteiger partial charge in [-0.1, -0.05) is 87.8 Å². The van der Waals surface area contributed by atoms with Crippen LogP contribution in [-0.2, 0) is 52.6 Å². The van der Waals surface area contributed by atoms with E-state index in [-0.39, 0.29) is 61.6 Å². The van der Waals surface area contributed by atoms with Gasteiger partial charge in [0, 0.05) is 41.3 Å². The van der Waals surface area contributed by atoms with E-state index in [1.54, 1.807) is 44.8 Å². The average molecular weight is 1150 g/mol. The standard InChI is InChI=1S/C59H108N10O12/c1-23-25-27-40(11)51-50(69(22)57(79)49(43(14)81-51)68(21)55(77)45(29-37(5)6)63-59(34-71,31-39(9)10)65(18)35-80-58(15,33-70)60-16)53(75)62-48(42(13)72)56(78)64(17)32-47(73)67(20)46(30-38(7)8)52(74)61-44(28-36(3)4)54(76)66(19)41(12)26-24-2/h23,25,33-34,36-46,48-51,60,63,72H,24,26-32,35H2,1-22H3,(H,61,74)(H,62,75). The Bertz CT molecular complexity index is 2090. The minimum absolute atomic E-state index is 0.0501. The summed E-state index contributed by atoms with van der Waals surface area (Å²) in [4.78, 5) is 135. The Morgan fingerprint density at radius 2 is 1.37 bits per heavy atom. The zero-order valence-electron chi connectivity index (χ0n) is 53.5. The van der Waals surface area contributed by atoms with Gasteiger partial charge in [0.2, 0.25) is 41.4 Å². The molecular formula is C59H108N10O12. The highest BCUT2D eigenvalue weighted by molar-refractivity contribution is 5.97. The fraction of sp³-hybridized carbons (Fsp3) is 0.814. The van der Waals surface area contributed by atoms with E-state index in [2.05, 4.69) is 21.3 Å². The number of carbonyl (C=O) groups excluding carboxylic acids is 9. The third-order valence-electron chi connectivity index (χ3n) is 15.5. The van der Waals surface area contributed by atoms with Crippen LogP contribution >= 0.6 is 0 Å². The van der Waals surface area contributed by atoms with Crippen molar-refractivity contribution in [2.24, 2.45) is 29.6 Å². The summed E-state index contributed by atoms with van der Waals surface area (Å²) in [6, 6.07) is -7.26. The summed E-state index contributed by atoms with van der Waals surface area (Å²) in [5.41, 5.74) is -2.84. The minimum atomic E-state index is -1.62. The van der Waals surface area contributed by atoms with E-state index in [4.69, 9.17) is 9.47 Å². The van der Waals surface area contributed by atoms with Gasteiger partial charge >= 0.3 is 0 Å². The van der Waals surface area contributed by atoms with Gasteiger partial charge in [-0.15, -0.1) is 0 Å². The molecule has 13 unspecified atom stereocenters. The van der Waals surface area contributed by atoms with Crippen molar-refractivity contribution >= 4 is 53.9 Å². The number of aliphatic hydroxyl groups is 1. The molecule has 1 aliphatic heterocycles. The van der Waals surface area contributed by atoms with Gasteiger partial charge in [-0.05, 0) is 117 Å². The summed E-state index contributed by atoms with van der Waals surface area (Å²) < 4.78 is 12.6. The summed E-state index contributed by atoms with van der Waals surface area (Å²) in [6.45, 7) is 26.9. The topological polar surface area (TPSA) is 260 Å². The van der Waals surface area contributed by atoms with Crippen molar-refractivity contribution in [3.05, 3.63) is 12.2 Å². The zero-order chi connectivity index (χ0) is 62.6. The van der Waals surface area contributed by atoms with Crippen molar-refractivity contribution < 1.29 is 57.7 Å². The maximum atomic E-state index is 15.0. The molecule has 466 valence electrons. The molecule has 0 radical (unpaired) electrons. The first-order valence-electron chi connectivity index (χ1n) is 29.2. The third-order valence-corrected chi connectivity index (χ3v) is 15.5. The lowest BCUT2D eigenvalue weighted by atomic mass is 9.92. The van der Waals surface area contributed by atoms with E-state index >= 15 is 9.59 Å². The molecule has 22 heteroatoms. The van der Waals surface area contributed by atoms with Gasteiger partial charge in [0.25, 0.3) is 0 Å². The number of allylic oxidation sites excluding steroid dienone is 2. The van der Waals surface area contributed by atoms with Crippen molar-refractivity contribution in [3.8, 4) is 0 Å². The van der Waals surface area contributed by atoms with Gasteiger partial charge in [-0.3, -0.25) is 58.7 Å². The van der Waals surface area contributed by atoms with Crippen LogP contribution in [0.15, 0.2) is 12.2 Å². The molecule has 0 aromatic rings. The van der Waals surface area contributed by atoms with Crippen molar-refractivity contribution in [2.75, 3.05) is 62.6 Å². The number of amides is 7. The molecule has 0 aliphatic carbocycles.